The zero-order chi connectivity index (χ0) is 13.7. The van der Waals surface area contributed by atoms with E-state index in [1.165, 1.54) is 37.8 Å². The fourth-order valence-electron chi connectivity index (χ4n) is 2.93. The molecule has 1 aromatic carbocycles. The minimum Gasteiger partial charge on any atom is -0.496 e. The van der Waals surface area contributed by atoms with Gasteiger partial charge in [0.05, 0.1) is 7.11 Å². The second-order valence-electron chi connectivity index (χ2n) is 5.44. The summed E-state index contributed by atoms with van der Waals surface area (Å²) in [6, 6.07) is 6.25. The van der Waals surface area contributed by atoms with Crippen molar-refractivity contribution in [3.05, 3.63) is 23.8 Å². The predicted octanol–water partition coefficient (Wildman–Crippen LogP) is 3.49. The van der Waals surface area contributed by atoms with Crippen LogP contribution in [0.15, 0.2) is 18.2 Å². The zero-order valence-electron chi connectivity index (χ0n) is 12.2. The van der Waals surface area contributed by atoms with Crippen molar-refractivity contribution in [2.45, 2.75) is 45.1 Å². The topological polar surface area (TPSA) is 38.5 Å². The Morgan fingerprint density at radius 3 is 2.32 bits per heavy atom. The second kappa shape index (κ2) is 6.80. The summed E-state index contributed by atoms with van der Waals surface area (Å²) < 4.78 is 5.49. The minimum atomic E-state index is -0.00316. The van der Waals surface area contributed by atoms with Crippen LogP contribution < -0.4 is 15.4 Å². The molecule has 3 heteroatoms. The van der Waals surface area contributed by atoms with Crippen molar-refractivity contribution < 1.29 is 4.74 Å². The fourth-order valence-corrected chi connectivity index (χ4v) is 2.93. The van der Waals surface area contributed by atoms with E-state index in [4.69, 9.17) is 10.5 Å². The molecule has 0 unspecified atom stereocenters. The van der Waals surface area contributed by atoms with E-state index < -0.39 is 0 Å². The van der Waals surface area contributed by atoms with E-state index in [1.54, 1.807) is 7.11 Å². The first-order chi connectivity index (χ1) is 9.24. The molecule has 1 heterocycles. The van der Waals surface area contributed by atoms with Crippen molar-refractivity contribution in [3.63, 3.8) is 0 Å². The Kier molecular flexibility index (Phi) is 5.08. The van der Waals surface area contributed by atoms with Gasteiger partial charge in [-0.1, -0.05) is 25.3 Å². The zero-order valence-corrected chi connectivity index (χ0v) is 12.2. The third-order valence-electron chi connectivity index (χ3n) is 3.92. The largest absolute Gasteiger partial charge is 0.496 e. The van der Waals surface area contributed by atoms with Crippen LogP contribution in [0.3, 0.4) is 0 Å². The molecule has 19 heavy (non-hydrogen) atoms. The Labute approximate surface area is 116 Å². The van der Waals surface area contributed by atoms with Crippen molar-refractivity contribution in [3.8, 4) is 5.75 Å². The summed E-state index contributed by atoms with van der Waals surface area (Å²) in [5, 5.41) is 0. The monoisotopic (exact) mass is 262 g/mol. The van der Waals surface area contributed by atoms with Gasteiger partial charge in [0.2, 0.25) is 0 Å². The normalized spacial score (nSPS) is 18.6. The third kappa shape index (κ3) is 3.41. The molecular weight excluding hydrogens is 236 g/mol. The summed E-state index contributed by atoms with van der Waals surface area (Å²) in [5.74, 6) is 0.912. The van der Waals surface area contributed by atoms with Crippen molar-refractivity contribution in [1.82, 2.24) is 0 Å². The molecule has 0 bridgehead atoms. The van der Waals surface area contributed by atoms with Crippen LogP contribution in [-0.2, 0) is 0 Å². The number of ether oxygens (including phenoxy) is 1. The molecule has 1 atom stereocenters. The van der Waals surface area contributed by atoms with Gasteiger partial charge < -0.3 is 15.4 Å². The van der Waals surface area contributed by atoms with Gasteiger partial charge in [-0.25, -0.2) is 0 Å². The van der Waals surface area contributed by atoms with Gasteiger partial charge in [0.25, 0.3) is 0 Å². The summed E-state index contributed by atoms with van der Waals surface area (Å²) in [6.45, 7) is 4.30. The minimum absolute atomic E-state index is 0.00316. The molecule has 0 spiro atoms. The van der Waals surface area contributed by atoms with E-state index >= 15 is 0 Å². The first-order valence-electron chi connectivity index (χ1n) is 7.41. The number of benzene rings is 1. The number of nitrogens with zero attached hydrogens (tertiary/aromatic N) is 1. The third-order valence-corrected chi connectivity index (χ3v) is 3.92. The first-order valence-corrected chi connectivity index (χ1v) is 7.41. The maximum atomic E-state index is 6.16. The van der Waals surface area contributed by atoms with Crippen LogP contribution in [-0.4, -0.2) is 20.2 Å². The van der Waals surface area contributed by atoms with E-state index in [1.807, 2.05) is 13.0 Å². The number of hydrogen-bond donors (Lipinski definition) is 1. The van der Waals surface area contributed by atoms with Gasteiger partial charge in [-0.15, -0.1) is 0 Å². The molecule has 1 aliphatic heterocycles. The van der Waals surface area contributed by atoms with Crippen LogP contribution in [0.4, 0.5) is 5.69 Å². The van der Waals surface area contributed by atoms with Crippen LogP contribution in [0.5, 0.6) is 5.75 Å². The van der Waals surface area contributed by atoms with Crippen molar-refractivity contribution in [2.75, 3.05) is 25.1 Å². The lowest BCUT2D eigenvalue weighted by Gasteiger charge is -2.30. The Hall–Kier alpha value is -1.22. The van der Waals surface area contributed by atoms with E-state index in [0.29, 0.717) is 0 Å². The quantitative estimate of drug-likeness (QED) is 0.906. The van der Waals surface area contributed by atoms with E-state index in [-0.39, 0.29) is 6.04 Å². The van der Waals surface area contributed by atoms with Crippen molar-refractivity contribution >= 4 is 5.69 Å². The molecule has 0 aliphatic carbocycles. The summed E-state index contributed by atoms with van der Waals surface area (Å²) in [5.41, 5.74) is 8.57. The SMILES string of the molecule is COc1cccc(N2CCCCCCC2)c1[C@H](C)N. The highest BCUT2D eigenvalue weighted by molar-refractivity contribution is 5.60. The molecule has 1 aliphatic rings. The van der Waals surface area contributed by atoms with E-state index in [0.717, 1.165) is 24.4 Å². The summed E-state index contributed by atoms with van der Waals surface area (Å²) in [6.07, 6.45) is 6.61. The van der Waals surface area contributed by atoms with Gasteiger partial charge in [0.15, 0.2) is 0 Å². The molecule has 0 amide bonds. The molecule has 1 fully saturated rings. The van der Waals surface area contributed by atoms with Gasteiger partial charge in [-0.2, -0.15) is 0 Å². The van der Waals surface area contributed by atoms with Crippen LogP contribution in [0, 0.1) is 0 Å². The molecule has 1 aromatic rings. The fraction of sp³-hybridized carbons (Fsp3) is 0.625. The molecule has 3 nitrogen and oxygen atoms in total. The van der Waals surface area contributed by atoms with E-state index in [9.17, 15) is 0 Å². The van der Waals surface area contributed by atoms with Crippen LogP contribution in [0.2, 0.25) is 0 Å². The van der Waals surface area contributed by atoms with Crippen LogP contribution in [0.1, 0.15) is 50.6 Å². The van der Waals surface area contributed by atoms with Crippen LogP contribution >= 0.6 is 0 Å². The Morgan fingerprint density at radius 1 is 1.11 bits per heavy atom. The highest BCUT2D eigenvalue weighted by Crippen LogP contribution is 2.34. The average molecular weight is 262 g/mol. The number of rotatable bonds is 3. The molecule has 2 N–H and O–H groups in total. The lowest BCUT2D eigenvalue weighted by Crippen LogP contribution is -2.29. The Morgan fingerprint density at radius 2 is 1.74 bits per heavy atom. The first kappa shape index (κ1) is 14.2. The summed E-state index contributed by atoms with van der Waals surface area (Å²) in [4.78, 5) is 2.49. The Balaban J connectivity index is 2.30. The smallest absolute Gasteiger partial charge is 0.125 e. The molecule has 1 saturated heterocycles. The predicted molar refractivity (Wildman–Crippen MR) is 80.9 cm³/mol. The molecular formula is C16H26N2O. The standard InChI is InChI=1S/C16H26N2O/c1-13(17)16-14(9-8-10-15(16)19-2)18-11-6-4-3-5-7-12-18/h8-10,13H,3-7,11-12,17H2,1-2H3/t13-/m0/s1. The van der Waals surface area contributed by atoms with Gasteiger partial charge in [-0.3, -0.25) is 0 Å². The average Bonchev–Trinajstić information content (AvgIpc) is 2.37. The number of nitrogens with two attached hydrogens (primary N) is 1. The Bertz CT molecular complexity index is 396. The lowest BCUT2D eigenvalue weighted by atomic mass is 10.0. The summed E-state index contributed by atoms with van der Waals surface area (Å²) in [7, 11) is 1.72. The molecule has 0 saturated carbocycles. The highest BCUT2D eigenvalue weighted by Gasteiger charge is 2.18. The summed E-state index contributed by atoms with van der Waals surface area (Å²) >= 11 is 0. The molecule has 0 aromatic heterocycles. The maximum absolute atomic E-state index is 6.16. The van der Waals surface area contributed by atoms with Crippen LogP contribution in [0.25, 0.3) is 0 Å². The lowest BCUT2D eigenvalue weighted by molar-refractivity contribution is 0.406. The maximum Gasteiger partial charge on any atom is 0.125 e. The number of anilines is 1. The van der Waals surface area contributed by atoms with Gasteiger partial charge in [0.1, 0.15) is 5.75 Å². The van der Waals surface area contributed by atoms with Gasteiger partial charge in [-0.05, 0) is 31.9 Å². The van der Waals surface area contributed by atoms with Gasteiger partial charge >= 0.3 is 0 Å². The molecule has 2 rings (SSSR count). The highest BCUT2D eigenvalue weighted by atomic mass is 16.5. The molecule has 0 radical (unpaired) electrons. The van der Waals surface area contributed by atoms with E-state index in [2.05, 4.69) is 17.0 Å². The second-order valence-corrected chi connectivity index (χ2v) is 5.44. The van der Waals surface area contributed by atoms with Gasteiger partial charge in [0, 0.05) is 30.4 Å². The number of methoxy groups -OCH3 is 1. The molecule has 106 valence electrons. The number of hydrogen-bond acceptors (Lipinski definition) is 3. The van der Waals surface area contributed by atoms with Crippen molar-refractivity contribution in [1.29, 1.82) is 0 Å². The van der Waals surface area contributed by atoms with Crippen molar-refractivity contribution in [2.24, 2.45) is 5.73 Å².